The lowest BCUT2D eigenvalue weighted by Crippen LogP contribution is -2.55. The highest BCUT2D eigenvalue weighted by Gasteiger charge is 2.35. The number of benzene rings is 2. The molecule has 4 amide bonds. The van der Waals surface area contributed by atoms with Crippen LogP contribution >= 0.6 is 0 Å². The molecule has 1 atom stereocenters. The van der Waals surface area contributed by atoms with Crippen molar-refractivity contribution in [3.8, 4) is 5.75 Å². The first-order valence-electron chi connectivity index (χ1n) is 12.3. The molecule has 9 heteroatoms. The highest BCUT2D eigenvalue weighted by atomic mass is 16.4. The number of phenolic OH excluding ortho intramolecular Hbond substituents is 1. The number of carbonyl (C=O) groups excluding carboxylic acids is 2. The summed E-state index contributed by atoms with van der Waals surface area (Å²) in [7, 11) is 0. The summed E-state index contributed by atoms with van der Waals surface area (Å²) >= 11 is 0. The molecule has 5 N–H and O–H groups in total. The summed E-state index contributed by atoms with van der Waals surface area (Å²) in [6, 6.07) is 12.3. The lowest BCUT2D eigenvalue weighted by molar-refractivity contribution is -0.124. The SMILES string of the molecule is Cc1cc(O)cc(C)c1C(CN(C(=O)O)C(C)(C)C)C(=O)NC(C)(C)CNC(=O)NCc1ccccc1. The van der Waals surface area contributed by atoms with Gasteiger partial charge in [-0.1, -0.05) is 30.3 Å². The second-order valence-corrected chi connectivity index (χ2v) is 11.0. The zero-order chi connectivity index (χ0) is 28.0. The third kappa shape index (κ3) is 8.70. The first kappa shape index (κ1) is 29.5. The van der Waals surface area contributed by atoms with Crippen LogP contribution in [0, 0.1) is 13.8 Å². The zero-order valence-corrected chi connectivity index (χ0v) is 22.8. The van der Waals surface area contributed by atoms with Gasteiger partial charge in [0.1, 0.15) is 5.75 Å². The fourth-order valence-electron chi connectivity index (χ4n) is 4.23. The molecule has 1 unspecified atom stereocenters. The van der Waals surface area contributed by atoms with Gasteiger partial charge in [0.05, 0.1) is 11.5 Å². The average molecular weight is 513 g/mol. The minimum absolute atomic E-state index is 0.0712. The van der Waals surface area contributed by atoms with Gasteiger partial charge in [0.2, 0.25) is 5.91 Å². The van der Waals surface area contributed by atoms with Crippen LogP contribution in [0.25, 0.3) is 0 Å². The smallest absolute Gasteiger partial charge is 0.407 e. The average Bonchev–Trinajstić information content (AvgIpc) is 2.77. The normalized spacial score (nSPS) is 12.4. The van der Waals surface area contributed by atoms with Crippen LogP contribution in [-0.4, -0.2) is 57.3 Å². The van der Waals surface area contributed by atoms with E-state index in [2.05, 4.69) is 16.0 Å². The van der Waals surface area contributed by atoms with E-state index in [1.165, 1.54) is 4.90 Å². The number of nitrogens with zero attached hydrogens (tertiary/aromatic N) is 1. The van der Waals surface area contributed by atoms with Crippen LogP contribution < -0.4 is 16.0 Å². The molecule has 0 aliphatic heterocycles. The highest BCUT2D eigenvalue weighted by molar-refractivity contribution is 5.86. The Kier molecular flexibility index (Phi) is 9.55. The predicted molar refractivity (Wildman–Crippen MR) is 144 cm³/mol. The van der Waals surface area contributed by atoms with Crippen molar-refractivity contribution in [2.45, 2.75) is 72.0 Å². The lowest BCUT2D eigenvalue weighted by Gasteiger charge is -2.37. The van der Waals surface area contributed by atoms with Gasteiger partial charge in [0.15, 0.2) is 0 Å². The van der Waals surface area contributed by atoms with E-state index in [4.69, 9.17) is 0 Å². The summed E-state index contributed by atoms with van der Waals surface area (Å²) in [5, 5.41) is 28.5. The van der Waals surface area contributed by atoms with Crippen molar-refractivity contribution >= 4 is 18.0 Å². The van der Waals surface area contributed by atoms with E-state index in [-0.39, 0.29) is 30.8 Å². The van der Waals surface area contributed by atoms with Gasteiger partial charge in [0, 0.05) is 25.2 Å². The molecule has 0 bridgehead atoms. The Hall–Kier alpha value is -3.75. The van der Waals surface area contributed by atoms with Gasteiger partial charge in [-0.3, -0.25) is 4.79 Å². The summed E-state index contributed by atoms with van der Waals surface area (Å²) in [4.78, 5) is 39.3. The predicted octanol–water partition coefficient (Wildman–Crippen LogP) is 4.27. The van der Waals surface area contributed by atoms with Crippen LogP contribution in [0.4, 0.5) is 9.59 Å². The van der Waals surface area contributed by atoms with Crippen LogP contribution in [0.2, 0.25) is 0 Å². The van der Waals surface area contributed by atoms with E-state index in [0.29, 0.717) is 23.2 Å². The number of aryl methyl sites for hydroxylation is 2. The van der Waals surface area contributed by atoms with Crippen LogP contribution in [0.15, 0.2) is 42.5 Å². The molecule has 2 rings (SSSR count). The molecular weight excluding hydrogens is 472 g/mol. The maximum absolute atomic E-state index is 13.7. The summed E-state index contributed by atoms with van der Waals surface area (Å²) in [6.07, 6.45) is -1.13. The van der Waals surface area contributed by atoms with Gasteiger partial charge >= 0.3 is 12.1 Å². The van der Waals surface area contributed by atoms with E-state index in [1.807, 2.05) is 30.3 Å². The minimum atomic E-state index is -1.13. The molecule has 2 aromatic carbocycles. The van der Waals surface area contributed by atoms with Gasteiger partial charge in [0.25, 0.3) is 0 Å². The molecule has 202 valence electrons. The molecule has 0 aliphatic rings. The molecule has 0 saturated carbocycles. The zero-order valence-electron chi connectivity index (χ0n) is 22.8. The van der Waals surface area contributed by atoms with E-state index >= 15 is 0 Å². The van der Waals surface area contributed by atoms with Crippen molar-refractivity contribution in [3.05, 3.63) is 64.7 Å². The number of amides is 4. The maximum atomic E-state index is 13.7. The number of phenols is 1. The topological polar surface area (TPSA) is 131 Å². The maximum Gasteiger partial charge on any atom is 0.407 e. The third-order valence-corrected chi connectivity index (χ3v) is 6.10. The second-order valence-electron chi connectivity index (χ2n) is 11.0. The molecule has 0 aliphatic carbocycles. The number of nitrogens with one attached hydrogen (secondary N) is 3. The molecule has 0 fully saturated rings. The number of aromatic hydroxyl groups is 1. The standard InChI is InChI=1S/C28H40N4O5/c1-18-13-21(33)14-19(2)23(18)22(16-32(26(36)37)27(3,4)5)24(34)31-28(6,7)17-30-25(35)29-15-20-11-9-8-10-12-20/h8-14,22,33H,15-17H2,1-7H3,(H,31,34)(H,36,37)(H2,29,30,35). The van der Waals surface area contributed by atoms with Gasteiger partial charge in [-0.05, 0) is 82.9 Å². The molecule has 2 aromatic rings. The molecule has 9 nitrogen and oxygen atoms in total. The second kappa shape index (κ2) is 12.0. The Morgan fingerprint density at radius 1 is 0.946 bits per heavy atom. The number of carbonyl (C=O) groups is 3. The van der Waals surface area contributed by atoms with Gasteiger partial charge < -0.3 is 31.1 Å². The Balaban J connectivity index is 2.20. The highest BCUT2D eigenvalue weighted by Crippen LogP contribution is 2.31. The van der Waals surface area contributed by atoms with E-state index in [0.717, 1.165) is 5.56 Å². The monoisotopic (exact) mass is 512 g/mol. The Bertz CT molecular complexity index is 1090. The molecule has 0 heterocycles. The van der Waals surface area contributed by atoms with Gasteiger partial charge in [-0.2, -0.15) is 0 Å². The number of hydrogen-bond acceptors (Lipinski definition) is 4. The fraction of sp³-hybridized carbons (Fsp3) is 0.464. The number of rotatable bonds is 9. The molecule has 0 saturated heterocycles. The number of urea groups is 1. The summed E-state index contributed by atoms with van der Waals surface area (Å²) in [6.45, 7) is 12.9. The van der Waals surface area contributed by atoms with Gasteiger partial charge in [-0.25, -0.2) is 9.59 Å². The van der Waals surface area contributed by atoms with Crippen molar-refractivity contribution < 1.29 is 24.6 Å². The van der Waals surface area contributed by atoms with E-state index in [1.54, 1.807) is 60.6 Å². The number of carboxylic acid groups (broad SMARTS) is 1. The molecule has 0 aromatic heterocycles. The Morgan fingerprint density at radius 2 is 1.51 bits per heavy atom. The van der Waals surface area contributed by atoms with Crippen LogP contribution in [0.1, 0.15) is 62.8 Å². The van der Waals surface area contributed by atoms with Crippen LogP contribution in [-0.2, 0) is 11.3 Å². The van der Waals surface area contributed by atoms with Crippen molar-refractivity contribution in [1.29, 1.82) is 0 Å². The van der Waals surface area contributed by atoms with E-state index < -0.39 is 23.1 Å². The van der Waals surface area contributed by atoms with E-state index in [9.17, 15) is 24.6 Å². The third-order valence-electron chi connectivity index (χ3n) is 6.10. The number of hydrogen-bond donors (Lipinski definition) is 5. The fourth-order valence-corrected chi connectivity index (χ4v) is 4.23. The molecular formula is C28H40N4O5. The summed E-state index contributed by atoms with van der Waals surface area (Å²) in [5.41, 5.74) is 1.44. The first-order valence-corrected chi connectivity index (χ1v) is 12.3. The first-order chi connectivity index (χ1) is 17.1. The minimum Gasteiger partial charge on any atom is -0.508 e. The summed E-state index contributed by atoms with van der Waals surface area (Å²) < 4.78 is 0. The van der Waals surface area contributed by atoms with Gasteiger partial charge in [-0.15, -0.1) is 0 Å². The molecule has 37 heavy (non-hydrogen) atoms. The van der Waals surface area contributed by atoms with Crippen molar-refractivity contribution in [2.24, 2.45) is 0 Å². The van der Waals surface area contributed by atoms with Crippen molar-refractivity contribution in [3.63, 3.8) is 0 Å². The van der Waals surface area contributed by atoms with Crippen LogP contribution in [0.3, 0.4) is 0 Å². The lowest BCUT2D eigenvalue weighted by atomic mass is 9.87. The van der Waals surface area contributed by atoms with Crippen LogP contribution in [0.5, 0.6) is 5.75 Å². The Labute approximate surface area is 219 Å². The molecule has 0 spiro atoms. The quantitative estimate of drug-likeness (QED) is 0.343. The molecule has 0 radical (unpaired) electrons. The van der Waals surface area contributed by atoms with Crippen molar-refractivity contribution in [2.75, 3.05) is 13.1 Å². The van der Waals surface area contributed by atoms with Crippen molar-refractivity contribution in [1.82, 2.24) is 20.9 Å². The largest absolute Gasteiger partial charge is 0.508 e. The summed E-state index contributed by atoms with van der Waals surface area (Å²) in [5.74, 6) is -1.12. The Morgan fingerprint density at radius 3 is 2.03 bits per heavy atom.